The Hall–Kier alpha value is -2.82. The quantitative estimate of drug-likeness (QED) is 0.772. The average Bonchev–Trinajstić information content (AvgIpc) is 2.96. The van der Waals surface area contributed by atoms with Gasteiger partial charge in [-0.25, -0.2) is 0 Å². The van der Waals surface area contributed by atoms with Gasteiger partial charge in [-0.3, -0.25) is 4.79 Å². The van der Waals surface area contributed by atoms with Gasteiger partial charge in [0.15, 0.2) is 0 Å². The lowest BCUT2D eigenvalue weighted by Crippen LogP contribution is -2.45. The zero-order chi connectivity index (χ0) is 15.5. The number of anilines is 2. The van der Waals surface area contributed by atoms with Gasteiger partial charge in [-0.05, 0) is 18.9 Å². The Balaban J connectivity index is 1.76. The summed E-state index contributed by atoms with van der Waals surface area (Å²) >= 11 is 0. The van der Waals surface area contributed by atoms with Crippen LogP contribution in [-0.4, -0.2) is 44.9 Å². The molecule has 0 radical (unpaired) electrons. The zero-order valence-electron chi connectivity index (χ0n) is 12.0. The molecule has 114 valence electrons. The topological polar surface area (TPSA) is 124 Å². The number of nitrogen functional groups attached to an aromatic ring is 1. The number of nitrogens with zero attached hydrogens (tertiary/aromatic N) is 4. The van der Waals surface area contributed by atoms with Crippen molar-refractivity contribution in [3.63, 3.8) is 0 Å². The van der Waals surface area contributed by atoms with Crippen LogP contribution in [0.4, 0.5) is 11.8 Å². The summed E-state index contributed by atoms with van der Waals surface area (Å²) in [5.74, 6) is 0.747. The van der Waals surface area contributed by atoms with Gasteiger partial charge in [0.05, 0.1) is 11.5 Å². The minimum absolute atomic E-state index is 0.0742. The maximum Gasteiger partial charge on any atom is 0.236 e. The molecular weight excluding hydrogens is 282 g/mol. The second-order valence-electron chi connectivity index (χ2n) is 5.33. The Morgan fingerprint density at radius 3 is 3.27 bits per heavy atom. The summed E-state index contributed by atoms with van der Waals surface area (Å²) in [6.45, 7) is 1.26. The van der Waals surface area contributed by atoms with Crippen molar-refractivity contribution in [1.29, 1.82) is 5.26 Å². The maximum atomic E-state index is 11.8. The van der Waals surface area contributed by atoms with Crippen LogP contribution in [0.25, 0.3) is 11.0 Å². The third-order valence-electron chi connectivity index (χ3n) is 3.78. The first kappa shape index (κ1) is 14.1. The summed E-state index contributed by atoms with van der Waals surface area (Å²) in [5, 5.41) is 12.9. The number of carbonyl (C=O) groups excluding carboxylic acids is 1. The van der Waals surface area contributed by atoms with E-state index in [0.717, 1.165) is 18.2 Å². The van der Waals surface area contributed by atoms with Crippen molar-refractivity contribution in [2.24, 2.45) is 0 Å². The Labute approximate surface area is 127 Å². The molecule has 2 aromatic heterocycles. The number of aromatic nitrogens is 3. The summed E-state index contributed by atoms with van der Waals surface area (Å²) < 4.78 is 0. The molecule has 1 amide bonds. The molecule has 0 aromatic carbocycles. The van der Waals surface area contributed by atoms with Gasteiger partial charge in [0.1, 0.15) is 17.9 Å². The number of carbonyl (C=O) groups is 1. The number of amides is 1. The van der Waals surface area contributed by atoms with Crippen molar-refractivity contribution in [3.05, 3.63) is 12.3 Å². The standard InChI is InChI=1S/C14H17N7O/c15-5-3-11(22)21-7-1-2-9(8-21)18-13-10-4-6-17-12(10)19-14(16)20-13/h4,6,9H,1-3,7-8H2,(H4,16,17,18,19,20). The van der Waals surface area contributed by atoms with E-state index in [-0.39, 0.29) is 24.3 Å². The molecule has 1 aliphatic rings. The number of rotatable bonds is 3. The molecule has 1 unspecified atom stereocenters. The molecule has 22 heavy (non-hydrogen) atoms. The Bertz CT molecular complexity index is 732. The van der Waals surface area contributed by atoms with Crippen molar-refractivity contribution >= 4 is 28.7 Å². The number of aromatic amines is 1. The number of nitrogens with one attached hydrogen (secondary N) is 2. The SMILES string of the molecule is N#CCC(=O)N1CCCC(Nc2nc(N)nc3[nH]ccc23)C1. The Morgan fingerprint density at radius 1 is 1.59 bits per heavy atom. The fraction of sp³-hybridized carbons (Fsp3) is 0.429. The monoisotopic (exact) mass is 299 g/mol. The van der Waals surface area contributed by atoms with Crippen LogP contribution >= 0.6 is 0 Å². The summed E-state index contributed by atoms with van der Waals surface area (Å²) in [6, 6.07) is 3.88. The highest BCUT2D eigenvalue weighted by molar-refractivity contribution is 5.88. The molecule has 3 heterocycles. The van der Waals surface area contributed by atoms with Crippen LogP contribution in [0.15, 0.2) is 12.3 Å². The third-order valence-corrected chi connectivity index (χ3v) is 3.78. The molecule has 1 aliphatic heterocycles. The molecule has 2 aromatic rings. The number of nitriles is 1. The number of nitrogens with two attached hydrogens (primary N) is 1. The minimum atomic E-state index is -0.122. The van der Waals surface area contributed by atoms with Gasteiger partial charge in [-0.1, -0.05) is 0 Å². The molecule has 0 spiro atoms. The molecular formula is C14H17N7O. The number of likely N-dealkylation sites (tertiary alicyclic amines) is 1. The van der Waals surface area contributed by atoms with Crippen LogP contribution in [-0.2, 0) is 4.79 Å². The second-order valence-corrected chi connectivity index (χ2v) is 5.33. The molecule has 8 heteroatoms. The summed E-state index contributed by atoms with van der Waals surface area (Å²) in [5.41, 5.74) is 6.40. The highest BCUT2D eigenvalue weighted by atomic mass is 16.2. The number of fused-ring (bicyclic) bond motifs is 1. The first-order chi connectivity index (χ1) is 10.7. The van der Waals surface area contributed by atoms with E-state index in [4.69, 9.17) is 11.0 Å². The molecule has 1 saturated heterocycles. The number of hydrogen-bond acceptors (Lipinski definition) is 6. The van der Waals surface area contributed by atoms with Crippen LogP contribution in [0, 0.1) is 11.3 Å². The third kappa shape index (κ3) is 2.79. The summed E-state index contributed by atoms with van der Waals surface area (Å²) in [7, 11) is 0. The van der Waals surface area contributed by atoms with Gasteiger partial charge in [0, 0.05) is 25.3 Å². The van der Waals surface area contributed by atoms with E-state index in [9.17, 15) is 4.79 Å². The van der Waals surface area contributed by atoms with Gasteiger partial charge < -0.3 is 20.9 Å². The first-order valence-corrected chi connectivity index (χ1v) is 7.19. The fourth-order valence-electron chi connectivity index (χ4n) is 2.76. The lowest BCUT2D eigenvalue weighted by Gasteiger charge is -2.33. The normalized spacial score (nSPS) is 18.1. The van der Waals surface area contributed by atoms with Crippen LogP contribution in [0.1, 0.15) is 19.3 Å². The average molecular weight is 299 g/mol. The van der Waals surface area contributed by atoms with Crippen LogP contribution in [0.3, 0.4) is 0 Å². The molecule has 0 bridgehead atoms. The molecule has 8 nitrogen and oxygen atoms in total. The summed E-state index contributed by atoms with van der Waals surface area (Å²) in [4.78, 5) is 25.0. The van der Waals surface area contributed by atoms with Gasteiger partial charge in [0.2, 0.25) is 11.9 Å². The van der Waals surface area contributed by atoms with Crippen molar-refractivity contribution in [2.75, 3.05) is 24.1 Å². The molecule has 0 saturated carbocycles. The van der Waals surface area contributed by atoms with E-state index in [0.29, 0.717) is 24.6 Å². The second kappa shape index (κ2) is 5.89. The van der Waals surface area contributed by atoms with Gasteiger partial charge in [0.25, 0.3) is 0 Å². The van der Waals surface area contributed by atoms with Crippen molar-refractivity contribution < 1.29 is 4.79 Å². The maximum absolute atomic E-state index is 11.8. The summed E-state index contributed by atoms with van der Waals surface area (Å²) in [6.07, 6.45) is 3.54. The first-order valence-electron chi connectivity index (χ1n) is 7.19. The number of H-pyrrole nitrogens is 1. The highest BCUT2D eigenvalue weighted by Crippen LogP contribution is 2.23. The van der Waals surface area contributed by atoms with E-state index < -0.39 is 0 Å². The predicted molar refractivity (Wildman–Crippen MR) is 81.8 cm³/mol. The van der Waals surface area contributed by atoms with E-state index in [1.807, 2.05) is 12.1 Å². The highest BCUT2D eigenvalue weighted by Gasteiger charge is 2.24. The lowest BCUT2D eigenvalue weighted by molar-refractivity contribution is -0.131. The number of piperidine rings is 1. The van der Waals surface area contributed by atoms with E-state index in [1.54, 1.807) is 11.1 Å². The minimum Gasteiger partial charge on any atom is -0.368 e. The molecule has 1 atom stereocenters. The smallest absolute Gasteiger partial charge is 0.236 e. The van der Waals surface area contributed by atoms with Crippen LogP contribution in [0.5, 0.6) is 0 Å². The fourth-order valence-corrected chi connectivity index (χ4v) is 2.76. The molecule has 0 aliphatic carbocycles. The molecule has 3 rings (SSSR count). The van der Waals surface area contributed by atoms with Gasteiger partial charge in [-0.15, -0.1) is 0 Å². The Morgan fingerprint density at radius 2 is 2.45 bits per heavy atom. The van der Waals surface area contributed by atoms with Crippen molar-refractivity contribution in [1.82, 2.24) is 19.9 Å². The molecule has 1 fully saturated rings. The predicted octanol–water partition coefficient (Wildman–Crippen LogP) is 0.857. The number of hydrogen-bond donors (Lipinski definition) is 3. The zero-order valence-corrected chi connectivity index (χ0v) is 12.0. The Kier molecular flexibility index (Phi) is 3.78. The van der Waals surface area contributed by atoms with Crippen LogP contribution in [0.2, 0.25) is 0 Å². The van der Waals surface area contributed by atoms with E-state index in [2.05, 4.69) is 20.3 Å². The van der Waals surface area contributed by atoms with Gasteiger partial charge >= 0.3 is 0 Å². The van der Waals surface area contributed by atoms with Crippen molar-refractivity contribution in [2.45, 2.75) is 25.3 Å². The van der Waals surface area contributed by atoms with E-state index in [1.165, 1.54) is 0 Å². The lowest BCUT2D eigenvalue weighted by atomic mass is 10.1. The molecule has 4 N–H and O–H groups in total. The van der Waals surface area contributed by atoms with Crippen molar-refractivity contribution in [3.8, 4) is 6.07 Å². The van der Waals surface area contributed by atoms with Crippen LogP contribution < -0.4 is 11.1 Å². The van der Waals surface area contributed by atoms with Gasteiger partial charge in [-0.2, -0.15) is 15.2 Å². The van der Waals surface area contributed by atoms with E-state index >= 15 is 0 Å². The largest absolute Gasteiger partial charge is 0.368 e.